The molecule has 0 aromatic rings. The summed E-state index contributed by atoms with van der Waals surface area (Å²) in [5.41, 5.74) is 7.18. The van der Waals surface area contributed by atoms with Crippen molar-refractivity contribution >= 4 is 0 Å². The van der Waals surface area contributed by atoms with Crippen molar-refractivity contribution in [2.45, 2.75) is 58.9 Å². The highest BCUT2D eigenvalue weighted by Crippen LogP contribution is 2.68. The minimum atomic E-state index is 0.428. The molecule has 3 atom stereocenters. The summed E-state index contributed by atoms with van der Waals surface area (Å²) >= 11 is 0. The Morgan fingerprint density at radius 3 is 2.31 bits per heavy atom. The Kier molecular flexibility index (Phi) is 1.99. The first-order valence-corrected chi connectivity index (χ1v) is 5.76. The van der Waals surface area contributed by atoms with Crippen molar-refractivity contribution < 1.29 is 0 Å². The van der Waals surface area contributed by atoms with E-state index in [1.165, 1.54) is 32.1 Å². The highest BCUT2D eigenvalue weighted by atomic mass is 14.9. The van der Waals surface area contributed by atoms with Crippen LogP contribution >= 0.6 is 0 Å². The van der Waals surface area contributed by atoms with Crippen molar-refractivity contribution in [3.63, 3.8) is 0 Å². The predicted octanol–water partition coefficient (Wildman–Crippen LogP) is 2.94. The van der Waals surface area contributed by atoms with Crippen LogP contribution in [0.2, 0.25) is 0 Å². The number of nitrogens with two attached hydrogens (primary N) is 1. The second-order valence-electron chi connectivity index (χ2n) is 5.89. The Labute approximate surface area is 82.1 Å². The van der Waals surface area contributed by atoms with E-state index in [-0.39, 0.29) is 0 Å². The SMILES string of the molecule is CC1CCCC2(CC1)C(N)C2(C)C. The molecule has 0 aromatic heterocycles. The fourth-order valence-corrected chi connectivity index (χ4v) is 3.48. The van der Waals surface area contributed by atoms with E-state index in [0.29, 0.717) is 16.9 Å². The maximum absolute atomic E-state index is 6.22. The van der Waals surface area contributed by atoms with Crippen LogP contribution in [0.25, 0.3) is 0 Å². The first-order valence-electron chi connectivity index (χ1n) is 5.76. The van der Waals surface area contributed by atoms with E-state index in [1.54, 1.807) is 0 Å². The lowest BCUT2D eigenvalue weighted by Crippen LogP contribution is -2.13. The summed E-state index contributed by atoms with van der Waals surface area (Å²) < 4.78 is 0. The minimum Gasteiger partial charge on any atom is -0.327 e. The lowest BCUT2D eigenvalue weighted by atomic mass is 9.88. The van der Waals surface area contributed by atoms with E-state index in [0.717, 1.165) is 5.92 Å². The fourth-order valence-electron chi connectivity index (χ4n) is 3.48. The van der Waals surface area contributed by atoms with Crippen LogP contribution in [0, 0.1) is 16.7 Å². The van der Waals surface area contributed by atoms with Gasteiger partial charge in [-0.05, 0) is 29.6 Å². The monoisotopic (exact) mass is 181 g/mol. The van der Waals surface area contributed by atoms with Gasteiger partial charge in [0.05, 0.1) is 0 Å². The molecule has 0 amide bonds. The van der Waals surface area contributed by atoms with E-state index in [9.17, 15) is 0 Å². The topological polar surface area (TPSA) is 26.0 Å². The average molecular weight is 181 g/mol. The lowest BCUT2D eigenvalue weighted by Gasteiger charge is -2.16. The standard InChI is InChI=1S/C12H23N/c1-9-5-4-7-12(8-6-9)10(13)11(12,2)3/h9-10H,4-8,13H2,1-3H3. The molecule has 2 saturated carbocycles. The molecule has 2 aliphatic rings. The summed E-state index contributed by atoms with van der Waals surface area (Å²) in [4.78, 5) is 0. The zero-order chi connectivity index (χ0) is 9.69. The Morgan fingerprint density at radius 2 is 1.77 bits per heavy atom. The molecule has 2 rings (SSSR count). The van der Waals surface area contributed by atoms with Gasteiger partial charge in [0.1, 0.15) is 0 Å². The summed E-state index contributed by atoms with van der Waals surface area (Å²) in [7, 11) is 0. The molecule has 3 unspecified atom stereocenters. The van der Waals surface area contributed by atoms with Gasteiger partial charge >= 0.3 is 0 Å². The number of rotatable bonds is 0. The normalized spacial score (nSPS) is 48.9. The van der Waals surface area contributed by atoms with Crippen LogP contribution in [0.5, 0.6) is 0 Å². The average Bonchev–Trinajstić information content (AvgIpc) is 2.58. The van der Waals surface area contributed by atoms with Gasteiger partial charge in [0.2, 0.25) is 0 Å². The Morgan fingerprint density at radius 1 is 1.15 bits per heavy atom. The van der Waals surface area contributed by atoms with Crippen LogP contribution in [0.15, 0.2) is 0 Å². The molecular weight excluding hydrogens is 158 g/mol. The van der Waals surface area contributed by atoms with E-state index in [4.69, 9.17) is 5.73 Å². The van der Waals surface area contributed by atoms with Gasteiger partial charge in [0.15, 0.2) is 0 Å². The van der Waals surface area contributed by atoms with E-state index >= 15 is 0 Å². The molecule has 1 spiro atoms. The van der Waals surface area contributed by atoms with Crippen LogP contribution in [-0.2, 0) is 0 Å². The quantitative estimate of drug-likeness (QED) is 0.611. The van der Waals surface area contributed by atoms with Gasteiger partial charge in [-0.1, -0.05) is 40.0 Å². The fraction of sp³-hybridized carbons (Fsp3) is 1.00. The van der Waals surface area contributed by atoms with E-state index in [1.807, 2.05) is 0 Å². The summed E-state index contributed by atoms with van der Waals surface area (Å²) in [5, 5.41) is 0. The first kappa shape index (κ1) is 9.51. The van der Waals surface area contributed by atoms with Crippen LogP contribution < -0.4 is 5.73 Å². The number of hydrogen-bond acceptors (Lipinski definition) is 1. The molecule has 0 saturated heterocycles. The number of hydrogen-bond donors (Lipinski definition) is 1. The summed E-state index contributed by atoms with van der Waals surface area (Å²) in [6, 6.07) is 0.477. The van der Waals surface area contributed by atoms with Gasteiger partial charge in [0, 0.05) is 6.04 Å². The van der Waals surface area contributed by atoms with Crippen LogP contribution in [0.3, 0.4) is 0 Å². The molecule has 0 aliphatic heterocycles. The smallest absolute Gasteiger partial charge is 0.0159 e. The highest BCUT2D eigenvalue weighted by Gasteiger charge is 2.67. The Bertz CT molecular complexity index is 209. The van der Waals surface area contributed by atoms with E-state index in [2.05, 4.69) is 20.8 Å². The Balaban J connectivity index is 2.09. The summed E-state index contributed by atoms with van der Waals surface area (Å²) in [6.07, 6.45) is 6.98. The maximum Gasteiger partial charge on any atom is 0.0159 e. The third-order valence-corrected chi connectivity index (χ3v) is 4.98. The summed E-state index contributed by atoms with van der Waals surface area (Å²) in [5.74, 6) is 0.933. The lowest BCUT2D eigenvalue weighted by molar-refractivity contribution is 0.331. The Hall–Kier alpha value is -0.0400. The molecule has 76 valence electrons. The molecule has 13 heavy (non-hydrogen) atoms. The molecule has 2 N–H and O–H groups in total. The molecular formula is C12H23N. The molecule has 1 nitrogen and oxygen atoms in total. The zero-order valence-corrected chi connectivity index (χ0v) is 9.27. The van der Waals surface area contributed by atoms with Gasteiger partial charge < -0.3 is 5.73 Å². The second kappa shape index (κ2) is 2.73. The van der Waals surface area contributed by atoms with Crippen molar-refractivity contribution in [3.05, 3.63) is 0 Å². The van der Waals surface area contributed by atoms with Gasteiger partial charge in [-0.2, -0.15) is 0 Å². The highest BCUT2D eigenvalue weighted by molar-refractivity contribution is 5.20. The van der Waals surface area contributed by atoms with Crippen molar-refractivity contribution in [1.82, 2.24) is 0 Å². The maximum atomic E-state index is 6.22. The molecule has 2 aliphatic carbocycles. The van der Waals surface area contributed by atoms with Crippen LogP contribution in [-0.4, -0.2) is 6.04 Å². The van der Waals surface area contributed by atoms with Crippen molar-refractivity contribution in [1.29, 1.82) is 0 Å². The van der Waals surface area contributed by atoms with Crippen molar-refractivity contribution in [2.24, 2.45) is 22.5 Å². The van der Waals surface area contributed by atoms with Crippen molar-refractivity contribution in [2.75, 3.05) is 0 Å². The zero-order valence-electron chi connectivity index (χ0n) is 9.27. The third-order valence-electron chi connectivity index (χ3n) is 4.98. The molecule has 2 fully saturated rings. The largest absolute Gasteiger partial charge is 0.327 e. The molecule has 0 bridgehead atoms. The van der Waals surface area contributed by atoms with Gasteiger partial charge in [-0.15, -0.1) is 0 Å². The first-order chi connectivity index (χ1) is 6.01. The van der Waals surface area contributed by atoms with Gasteiger partial charge in [-0.3, -0.25) is 0 Å². The van der Waals surface area contributed by atoms with Crippen molar-refractivity contribution in [3.8, 4) is 0 Å². The minimum absolute atomic E-state index is 0.428. The van der Waals surface area contributed by atoms with E-state index < -0.39 is 0 Å². The van der Waals surface area contributed by atoms with Crippen LogP contribution in [0.4, 0.5) is 0 Å². The third kappa shape index (κ3) is 1.16. The molecule has 0 heterocycles. The van der Waals surface area contributed by atoms with Gasteiger partial charge in [-0.25, -0.2) is 0 Å². The summed E-state index contributed by atoms with van der Waals surface area (Å²) in [6.45, 7) is 7.10. The second-order valence-corrected chi connectivity index (χ2v) is 5.89. The molecule has 1 heteroatoms. The molecule has 0 radical (unpaired) electrons. The van der Waals surface area contributed by atoms with Gasteiger partial charge in [0.25, 0.3) is 0 Å². The predicted molar refractivity (Wildman–Crippen MR) is 56.4 cm³/mol. The molecule has 0 aromatic carbocycles. The van der Waals surface area contributed by atoms with Crippen LogP contribution in [0.1, 0.15) is 52.9 Å².